The van der Waals surface area contributed by atoms with Crippen molar-refractivity contribution in [1.29, 1.82) is 0 Å². The molecule has 0 saturated carbocycles. The number of imidazole rings is 1. The summed E-state index contributed by atoms with van der Waals surface area (Å²) in [5, 5.41) is 3.06. The molecule has 0 unspecified atom stereocenters. The molecule has 7 nitrogen and oxygen atoms in total. The number of nitrogens with zero attached hydrogens (tertiary/aromatic N) is 5. The van der Waals surface area contributed by atoms with Crippen LogP contribution in [0.25, 0.3) is 33.7 Å². The van der Waals surface area contributed by atoms with Crippen molar-refractivity contribution in [2.45, 2.75) is 6.18 Å². The molecule has 0 amide bonds. The maximum Gasteiger partial charge on any atom is 0.416 e. The fourth-order valence-electron chi connectivity index (χ4n) is 3.15. The number of aromatic nitrogens is 6. The molecule has 0 aliphatic carbocycles. The smallest absolute Gasteiger partial charge is 0.338 e. The summed E-state index contributed by atoms with van der Waals surface area (Å²) in [4.78, 5) is 24.3. The summed E-state index contributed by atoms with van der Waals surface area (Å²) >= 11 is 0. The topological polar surface area (TPSA) is 92.3 Å². The molecule has 4 aromatic heterocycles. The quantitative estimate of drug-likeness (QED) is 0.403. The number of nitrogens with one attached hydrogen (secondary N) is 2. The Balaban J connectivity index is 1.39. The van der Waals surface area contributed by atoms with Gasteiger partial charge in [0.25, 0.3) is 0 Å². The van der Waals surface area contributed by atoms with Crippen molar-refractivity contribution in [1.82, 2.24) is 29.9 Å². The van der Waals surface area contributed by atoms with Crippen molar-refractivity contribution in [2.75, 3.05) is 5.32 Å². The van der Waals surface area contributed by atoms with Crippen molar-refractivity contribution in [3.63, 3.8) is 0 Å². The van der Waals surface area contributed by atoms with Crippen LogP contribution < -0.4 is 5.32 Å². The molecule has 0 aliphatic rings. The number of halogens is 3. The first kappa shape index (κ1) is 19.6. The lowest BCUT2D eigenvalue weighted by Crippen LogP contribution is -2.04. The fraction of sp³-hybridized carbons (Fsp3) is 0.0455. The number of aromatic amines is 1. The first-order valence-electron chi connectivity index (χ1n) is 9.48. The molecule has 0 saturated heterocycles. The third-order valence-corrected chi connectivity index (χ3v) is 4.69. The highest BCUT2D eigenvalue weighted by atomic mass is 19.4. The van der Waals surface area contributed by atoms with Crippen LogP contribution in [0.15, 0.2) is 73.4 Å². The lowest BCUT2D eigenvalue weighted by Gasteiger charge is -2.06. The molecule has 4 heterocycles. The average Bonchev–Trinajstić information content (AvgIpc) is 3.23. The standard InChI is InChI=1S/C22H14F3N7/c23-22(24,25)15-4-5-18-19(8-15)32-20(31-18)13-7-16(12-26-9-13)30-21-28-10-14(11-29-21)17-3-1-2-6-27-17/h1-12H,(H,31,32)(H,28,29,30). The minimum Gasteiger partial charge on any atom is -0.338 e. The predicted octanol–water partition coefficient (Wildman–Crippen LogP) is 5.24. The second-order valence-electron chi connectivity index (χ2n) is 6.91. The molecular weight excluding hydrogens is 419 g/mol. The molecule has 0 radical (unpaired) electrons. The Morgan fingerprint density at radius 2 is 1.69 bits per heavy atom. The molecular formula is C22H14F3N7. The van der Waals surface area contributed by atoms with E-state index in [4.69, 9.17) is 0 Å². The summed E-state index contributed by atoms with van der Waals surface area (Å²) < 4.78 is 38.9. The molecule has 0 fully saturated rings. The van der Waals surface area contributed by atoms with Gasteiger partial charge >= 0.3 is 6.18 Å². The van der Waals surface area contributed by atoms with Gasteiger partial charge in [-0.1, -0.05) is 6.07 Å². The third-order valence-electron chi connectivity index (χ3n) is 4.69. The molecule has 32 heavy (non-hydrogen) atoms. The van der Waals surface area contributed by atoms with Gasteiger partial charge in [0, 0.05) is 35.9 Å². The van der Waals surface area contributed by atoms with E-state index >= 15 is 0 Å². The number of H-pyrrole nitrogens is 1. The summed E-state index contributed by atoms with van der Waals surface area (Å²) in [6.07, 6.45) is 3.75. The first-order chi connectivity index (χ1) is 15.5. The van der Waals surface area contributed by atoms with Gasteiger partial charge in [-0.25, -0.2) is 15.0 Å². The molecule has 158 valence electrons. The summed E-state index contributed by atoms with van der Waals surface area (Å²) in [7, 11) is 0. The van der Waals surface area contributed by atoms with Gasteiger partial charge in [-0.3, -0.25) is 9.97 Å². The SMILES string of the molecule is FC(F)(F)c1ccc2nc(-c3cncc(Nc4ncc(-c5ccccn5)cn4)c3)[nH]c2c1. The zero-order valence-electron chi connectivity index (χ0n) is 16.3. The third kappa shape index (κ3) is 3.97. The Morgan fingerprint density at radius 3 is 2.44 bits per heavy atom. The monoisotopic (exact) mass is 433 g/mol. The number of hydrogen-bond donors (Lipinski definition) is 2. The van der Waals surface area contributed by atoms with Crippen molar-refractivity contribution in [2.24, 2.45) is 0 Å². The van der Waals surface area contributed by atoms with Gasteiger partial charge in [0.05, 0.1) is 34.2 Å². The largest absolute Gasteiger partial charge is 0.416 e. The van der Waals surface area contributed by atoms with Crippen LogP contribution in [0.1, 0.15) is 5.56 Å². The Morgan fingerprint density at radius 1 is 0.844 bits per heavy atom. The normalized spacial score (nSPS) is 11.6. The number of hydrogen-bond acceptors (Lipinski definition) is 6. The maximum absolute atomic E-state index is 13.0. The van der Waals surface area contributed by atoms with Crippen molar-refractivity contribution >= 4 is 22.7 Å². The second kappa shape index (κ2) is 7.73. The van der Waals surface area contributed by atoms with E-state index in [9.17, 15) is 13.2 Å². The van der Waals surface area contributed by atoms with Gasteiger partial charge in [0.1, 0.15) is 5.82 Å². The van der Waals surface area contributed by atoms with Crippen LogP contribution in [-0.2, 0) is 6.18 Å². The van der Waals surface area contributed by atoms with Gasteiger partial charge in [0.2, 0.25) is 5.95 Å². The average molecular weight is 433 g/mol. The van der Waals surface area contributed by atoms with E-state index in [0.717, 1.165) is 23.4 Å². The van der Waals surface area contributed by atoms with Crippen molar-refractivity contribution < 1.29 is 13.2 Å². The molecule has 0 spiro atoms. The minimum absolute atomic E-state index is 0.293. The fourth-order valence-corrected chi connectivity index (χ4v) is 3.15. The highest BCUT2D eigenvalue weighted by Gasteiger charge is 2.30. The van der Waals surface area contributed by atoms with Crippen LogP contribution in [0.3, 0.4) is 0 Å². The second-order valence-corrected chi connectivity index (χ2v) is 6.91. The lowest BCUT2D eigenvalue weighted by atomic mass is 10.2. The number of anilines is 2. The van der Waals surface area contributed by atoms with Gasteiger partial charge < -0.3 is 10.3 Å². The van der Waals surface area contributed by atoms with Gasteiger partial charge in [-0.05, 0) is 36.4 Å². The van der Waals surface area contributed by atoms with E-state index in [-0.39, 0.29) is 0 Å². The number of rotatable bonds is 4. The van der Waals surface area contributed by atoms with Crippen LogP contribution in [0.2, 0.25) is 0 Å². The van der Waals surface area contributed by atoms with Crippen LogP contribution in [0.4, 0.5) is 24.8 Å². The van der Waals surface area contributed by atoms with Crippen molar-refractivity contribution in [3.05, 3.63) is 79.0 Å². The number of benzene rings is 1. The van der Waals surface area contributed by atoms with Gasteiger partial charge in [-0.15, -0.1) is 0 Å². The van der Waals surface area contributed by atoms with E-state index in [1.54, 1.807) is 37.1 Å². The molecule has 10 heteroatoms. The van der Waals surface area contributed by atoms with Gasteiger partial charge in [0.15, 0.2) is 0 Å². The maximum atomic E-state index is 13.0. The summed E-state index contributed by atoms with van der Waals surface area (Å²) in [6.45, 7) is 0. The van der Waals surface area contributed by atoms with Crippen molar-refractivity contribution in [3.8, 4) is 22.6 Å². The van der Waals surface area contributed by atoms with Crippen LogP contribution in [0, 0.1) is 0 Å². The zero-order valence-corrected chi connectivity index (χ0v) is 16.3. The van der Waals surface area contributed by atoms with Crippen LogP contribution >= 0.6 is 0 Å². The zero-order chi connectivity index (χ0) is 22.1. The number of pyridine rings is 2. The highest BCUT2D eigenvalue weighted by Crippen LogP contribution is 2.32. The number of fused-ring (bicyclic) bond motifs is 1. The molecule has 0 aliphatic heterocycles. The highest BCUT2D eigenvalue weighted by molar-refractivity contribution is 5.80. The Labute approximate surface area is 179 Å². The molecule has 0 bridgehead atoms. The van der Waals surface area contributed by atoms with Gasteiger partial charge in [-0.2, -0.15) is 13.2 Å². The molecule has 5 aromatic rings. The summed E-state index contributed by atoms with van der Waals surface area (Å²) in [5.41, 5.74) is 2.74. The minimum atomic E-state index is -4.42. The van der Waals surface area contributed by atoms with E-state index < -0.39 is 11.7 Å². The lowest BCUT2D eigenvalue weighted by molar-refractivity contribution is -0.137. The molecule has 2 N–H and O–H groups in total. The van der Waals surface area contributed by atoms with E-state index in [1.165, 1.54) is 6.07 Å². The Bertz CT molecular complexity index is 1380. The Hall–Kier alpha value is -4.34. The predicted molar refractivity (Wildman–Crippen MR) is 113 cm³/mol. The van der Waals surface area contributed by atoms with E-state index in [0.29, 0.717) is 34.1 Å². The Kier molecular flexibility index (Phi) is 4.74. The molecule has 5 rings (SSSR count). The number of alkyl halides is 3. The summed E-state index contributed by atoms with van der Waals surface area (Å²) in [5.74, 6) is 0.768. The molecule has 0 atom stereocenters. The first-order valence-corrected chi connectivity index (χ1v) is 9.48. The van der Waals surface area contributed by atoms with E-state index in [1.807, 2.05) is 18.2 Å². The molecule has 1 aromatic carbocycles. The van der Waals surface area contributed by atoms with Crippen LogP contribution in [0.5, 0.6) is 0 Å². The summed E-state index contributed by atoms with van der Waals surface area (Å²) in [6, 6.07) is 10.7. The van der Waals surface area contributed by atoms with Crippen LogP contribution in [-0.4, -0.2) is 29.9 Å². The van der Waals surface area contributed by atoms with E-state index in [2.05, 4.69) is 35.2 Å².